The Hall–Kier alpha value is -0.520. The molecule has 0 N–H and O–H groups in total. The van der Waals surface area contributed by atoms with Gasteiger partial charge >= 0.3 is 0 Å². The molecule has 0 aromatic rings. The van der Waals surface area contributed by atoms with Crippen molar-refractivity contribution >= 4 is 0 Å². The van der Waals surface area contributed by atoms with E-state index in [-0.39, 0.29) is 0 Å². The summed E-state index contributed by atoms with van der Waals surface area (Å²) in [4.78, 5) is 0. The summed E-state index contributed by atoms with van der Waals surface area (Å²) >= 11 is 0. The first-order valence-corrected chi connectivity index (χ1v) is 5.04. The molecule has 0 nitrogen and oxygen atoms in total. The molecule has 0 amide bonds. The van der Waals surface area contributed by atoms with Crippen molar-refractivity contribution in [1.82, 2.24) is 0 Å². The van der Waals surface area contributed by atoms with E-state index in [2.05, 4.69) is 46.4 Å². The average Bonchev–Trinajstić information content (AvgIpc) is 2.06. The number of hydrogen-bond acceptors (Lipinski definition) is 0. The topological polar surface area (TPSA) is 0 Å². The summed E-state index contributed by atoms with van der Waals surface area (Å²) in [6.07, 6.45) is 8.92. The van der Waals surface area contributed by atoms with Gasteiger partial charge in [-0.1, -0.05) is 58.4 Å². The second-order valence-corrected chi connectivity index (χ2v) is 2.89. The van der Waals surface area contributed by atoms with Gasteiger partial charge < -0.3 is 0 Å². The molecular weight excluding hydrogens is 144 g/mol. The van der Waals surface area contributed by atoms with E-state index < -0.39 is 0 Å². The van der Waals surface area contributed by atoms with Gasteiger partial charge in [0.05, 0.1) is 0 Å². The molecule has 0 bridgehead atoms. The molecule has 0 aromatic heterocycles. The van der Waals surface area contributed by atoms with Gasteiger partial charge in [0.2, 0.25) is 0 Å². The molecule has 0 saturated heterocycles. The molecule has 0 rings (SSSR count). The highest BCUT2D eigenvalue weighted by Crippen LogP contribution is 2.02. The lowest BCUT2D eigenvalue weighted by molar-refractivity contribution is 1.03. The molecule has 0 radical (unpaired) electrons. The predicted molar refractivity (Wildman–Crippen MR) is 59.4 cm³/mol. The minimum Gasteiger partial charge on any atom is -0.0996 e. The van der Waals surface area contributed by atoms with Gasteiger partial charge in [-0.15, -0.1) is 0 Å². The first-order chi connectivity index (χ1) is 5.72. The van der Waals surface area contributed by atoms with Crippen LogP contribution in [0.3, 0.4) is 0 Å². The molecule has 0 fully saturated rings. The van der Waals surface area contributed by atoms with E-state index in [1.807, 2.05) is 0 Å². The van der Waals surface area contributed by atoms with Gasteiger partial charge in [0.15, 0.2) is 0 Å². The maximum Gasteiger partial charge on any atom is -0.0142 e. The molecule has 0 unspecified atom stereocenters. The highest BCUT2D eigenvalue weighted by molar-refractivity contribution is 5.00. The van der Waals surface area contributed by atoms with E-state index in [4.69, 9.17) is 0 Å². The van der Waals surface area contributed by atoms with Crippen LogP contribution < -0.4 is 0 Å². The van der Waals surface area contributed by atoms with E-state index in [0.29, 0.717) is 0 Å². The summed E-state index contributed by atoms with van der Waals surface area (Å²) in [5.41, 5.74) is 1.32. The second-order valence-electron chi connectivity index (χ2n) is 2.89. The van der Waals surface area contributed by atoms with Crippen molar-refractivity contribution in [3.63, 3.8) is 0 Å². The highest BCUT2D eigenvalue weighted by Gasteiger charge is 1.82. The summed E-state index contributed by atoms with van der Waals surface area (Å²) in [7, 11) is 0. The fourth-order valence-electron chi connectivity index (χ4n) is 0.561. The third kappa shape index (κ3) is 16.2. The highest BCUT2D eigenvalue weighted by atomic mass is 13.9. The fraction of sp³-hybridized carbons (Fsp3) is 0.667. The van der Waals surface area contributed by atoms with Gasteiger partial charge in [-0.25, -0.2) is 0 Å². The third-order valence-electron chi connectivity index (χ3n) is 1.31. The van der Waals surface area contributed by atoms with E-state index >= 15 is 0 Å². The molecule has 0 spiro atoms. The Labute approximate surface area is 78.4 Å². The van der Waals surface area contributed by atoms with Crippen molar-refractivity contribution in [2.45, 2.75) is 53.4 Å². The van der Waals surface area contributed by atoms with Crippen LogP contribution in [0.4, 0.5) is 0 Å². The molecule has 0 saturated carbocycles. The van der Waals surface area contributed by atoms with Gasteiger partial charge in [0.25, 0.3) is 0 Å². The summed E-state index contributed by atoms with van der Waals surface area (Å²) in [6.45, 7) is 12.4. The Morgan fingerprint density at radius 2 is 1.58 bits per heavy atom. The van der Waals surface area contributed by atoms with E-state index in [0.717, 1.165) is 19.3 Å². The normalized spacial score (nSPS) is 9.33. The van der Waals surface area contributed by atoms with Crippen molar-refractivity contribution in [3.05, 3.63) is 24.3 Å². The Bertz CT molecular complexity index is 109. The smallest absolute Gasteiger partial charge is 0.0142 e. The van der Waals surface area contributed by atoms with Crippen molar-refractivity contribution < 1.29 is 0 Å². The van der Waals surface area contributed by atoms with Crippen LogP contribution in [-0.2, 0) is 0 Å². The number of hydrogen-bond donors (Lipinski definition) is 0. The minimum absolute atomic E-state index is 1.06. The molecule has 0 heteroatoms. The molecule has 0 heterocycles. The van der Waals surface area contributed by atoms with Crippen molar-refractivity contribution in [2.75, 3.05) is 0 Å². The number of allylic oxidation sites excluding steroid dienone is 3. The minimum atomic E-state index is 1.06. The maximum atomic E-state index is 3.89. The van der Waals surface area contributed by atoms with Crippen molar-refractivity contribution in [1.29, 1.82) is 0 Å². The van der Waals surface area contributed by atoms with E-state index in [1.54, 1.807) is 0 Å². The maximum absolute atomic E-state index is 3.89. The zero-order valence-electron chi connectivity index (χ0n) is 9.19. The molecule has 0 aliphatic heterocycles. The first-order valence-electron chi connectivity index (χ1n) is 5.04. The summed E-state index contributed by atoms with van der Waals surface area (Å²) < 4.78 is 0. The second kappa shape index (κ2) is 13.1. The monoisotopic (exact) mass is 168 g/mol. The van der Waals surface area contributed by atoms with Crippen molar-refractivity contribution in [2.24, 2.45) is 0 Å². The lowest BCUT2D eigenvalue weighted by atomic mass is 10.1. The van der Waals surface area contributed by atoms with Crippen molar-refractivity contribution in [3.8, 4) is 0 Å². The molecule has 0 aromatic carbocycles. The lowest BCUT2D eigenvalue weighted by Gasteiger charge is -1.92. The summed E-state index contributed by atoms with van der Waals surface area (Å²) in [6, 6.07) is 0. The first kappa shape index (κ1) is 14.0. The zero-order chi connectivity index (χ0) is 9.82. The van der Waals surface area contributed by atoms with Gasteiger partial charge in [0, 0.05) is 0 Å². The lowest BCUT2D eigenvalue weighted by Crippen LogP contribution is -1.72. The Morgan fingerprint density at radius 3 is 1.92 bits per heavy atom. The molecule has 0 aliphatic rings. The summed E-state index contributed by atoms with van der Waals surface area (Å²) in [5, 5.41) is 0. The fourth-order valence-corrected chi connectivity index (χ4v) is 0.561. The Morgan fingerprint density at radius 1 is 1.08 bits per heavy atom. The molecule has 0 atom stereocenters. The number of rotatable bonds is 4. The SMILES string of the molecule is C=C(CC)C/C=C\CC.CCC. The Balaban J connectivity index is 0. The molecular formula is C12H24. The predicted octanol–water partition coefficient (Wildman–Crippen LogP) is 4.73. The van der Waals surface area contributed by atoms with Crippen LogP contribution in [0.15, 0.2) is 24.3 Å². The van der Waals surface area contributed by atoms with Gasteiger partial charge in [0.1, 0.15) is 0 Å². The van der Waals surface area contributed by atoms with Gasteiger partial charge in [-0.05, 0) is 19.3 Å². The van der Waals surface area contributed by atoms with Gasteiger partial charge in [-0.2, -0.15) is 0 Å². The van der Waals surface area contributed by atoms with Crippen LogP contribution in [0.5, 0.6) is 0 Å². The third-order valence-corrected chi connectivity index (χ3v) is 1.31. The standard InChI is InChI=1S/C9H16.C3H8/c1-4-6-7-8-9(3)5-2;1-3-2/h6-7H,3-5,8H2,1-2H3;3H2,1-2H3/b7-6-;. The quantitative estimate of drug-likeness (QED) is 0.532. The average molecular weight is 168 g/mol. The summed E-state index contributed by atoms with van der Waals surface area (Å²) in [5.74, 6) is 0. The Kier molecular flexibility index (Phi) is 15.3. The van der Waals surface area contributed by atoms with Crippen LogP contribution in [0.25, 0.3) is 0 Å². The largest absolute Gasteiger partial charge is 0.0996 e. The van der Waals surface area contributed by atoms with Gasteiger partial charge in [-0.3, -0.25) is 0 Å². The molecule has 72 valence electrons. The van der Waals surface area contributed by atoms with E-state index in [9.17, 15) is 0 Å². The molecule has 12 heavy (non-hydrogen) atoms. The van der Waals surface area contributed by atoms with Crippen LogP contribution >= 0.6 is 0 Å². The zero-order valence-corrected chi connectivity index (χ0v) is 9.19. The van der Waals surface area contributed by atoms with Crippen LogP contribution in [0.1, 0.15) is 53.4 Å². The molecule has 0 aliphatic carbocycles. The van der Waals surface area contributed by atoms with Crippen LogP contribution in [0, 0.1) is 0 Å². The van der Waals surface area contributed by atoms with E-state index in [1.165, 1.54) is 12.0 Å². The van der Waals surface area contributed by atoms with Crippen LogP contribution in [-0.4, -0.2) is 0 Å². The van der Waals surface area contributed by atoms with Crippen LogP contribution in [0.2, 0.25) is 0 Å².